The van der Waals surface area contributed by atoms with Crippen molar-refractivity contribution in [3.05, 3.63) is 29.3 Å². The smallest absolute Gasteiger partial charge is 0.255 e. The fourth-order valence-electron chi connectivity index (χ4n) is 2.55. The highest BCUT2D eigenvalue weighted by Crippen LogP contribution is 2.29. The molecule has 1 aromatic rings. The Morgan fingerprint density at radius 1 is 1.42 bits per heavy atom. The summed E-state index contributed by atoms with van der Waals surface area (Å²) in [5.74, 6) is 0.384. The third kappa shape index (κ3) is 3.50. The minimum Gasteiger partial charge on any atom is -0.507 e. The van der Waals surface area contributed by atoms with Crippen molar-refractivity contribution in [1.29, 1.82) is 0 Å². The molecular formula is C15H20BrNO2. The van der Waals surface area contributed by atoms with E-state index in [-0.39, 0.29) is 11.7 Å². The molecule has 1 aliphatic carbocycles. The Balaban J connectivity index is 1.95. The SMILES string of the molecule is Cc1cccc(C(=O)NCC2CCCCC2Br)c1O. The van der Waals surface area contributed by atoms with Gasteiger partial charge in [0.25, 0.3) is 5.91 Å². The fraction of sp³-hybridized carbons (Fsp3) is 0.533. The Bertz CT molecular complexity index is 461. The first-order chi connectivity index (χ1) is 9.09. The van der Waals surface area contributed by atoms with Crippen LogP contribution in [0.2, 0.25) is 0 Å². The zero-order valence-corrected chi connectivity index (χ0v) is 12.7. The number of phenolic OH excluding ortho intramolecular Hbond substituents is 1. The van der Waals surface area contributed by atoms with Gasteiger partial charge in [-0.2, -0.15) is 0 Å². The molecule has 2 rings (SSSR count). The molecule has 4 heteroatoms. The number of para-hydroxylation sites is 1. The van der Waals surface area contributed by atoms with Crippen molar-refractivity contribution in [1.82, 2.24) is 5.32 Å². The second-order valence-corrected chi connectivity index (χ2v) is 6.42. The van der Waals surface area contributed by atoms with E-state index < -0.39 is 0 Å². The summed E-state index contributed by atoms with van der Waals surface area (Å²) in [4.78, 5) is 12.6. The van der Waals surface area contributed by atoms with E-state index >= 15 is 0 Å². The van der Waals surface area contributed by atoms with Crippen LogP contribution >= 0.6 is 15.9 Å². The average molecular weight is 326 g/mol. The van der Waals surface area contributed by atoms with Crippen LogP contribution in [-0.4, -0.2) is 22.4 Å². The molecular weight excluding hydrogens is 306 g/mol. The van der Waals surface area contributed by atoms with E-state index in [1.807, 2.05) is 0 Å². The number of hydrogen-bond acceptors (Lipinski definition) is 2. The second kappa shape index (κ2) is 6.42. The lowest BCUT2D eigenvalue weighted by Gasteiger charge is -2.27. The van der Waals surface area contributed by atoms with Crippen LogP contribution in [0.3, 0.4) is 0 Å². The third-order valence-electron chi connectivity index (χ3n) is 3.82. The lowest BCUT2D eigenvalue weighted by Crippen LogP contribution is -2.34. The number of alkyl halides is 1. The van der Waals surface area contributed by atoms with Gasteiger partial charge in [-0.3, -0.25) is 4.79 Å². The molecule has 0 bridgehead atoms. The van der Waals surface area contributed by atoms with Crippen molar-refractivity contribution in [3.63, 3.8) is 0 Å². The minimum absolute atomic E-state index is 0.0824. The lowest BCUT2D eigenvalue weighted by molar-refractivity contribution is 0.0941. The Morgan fingerprint density at radius 3 is 2.89 bits per heavy atom. The van der Waals surface area contributed by atoms with Crippen molar-refractivity contribution < 1.29 is 9.90 Å². The van der Waals surface area contributed by atoms with Gasteiger partial charge < -0.3 is 10.4 Å². The maximum atomic E-state index is 12.1. The summed E-state index contributed by atoms with van der Waals surface area (Å²) < 4.78 is 0. The highest BCUT2D eigenvalue weighted by atomic mass is 79.9. The maximum absolute atomic E-state index is 12.1. The molecule has 2 N–H and O–H groups in total. The number of rotatable bonds is 3. The molecule has 0 aliphatic heterocycles. The van der Waals surface area contributed by atoms with Crippen LogP contribution < -0.4 is 5.32 Å². The molecule has 104 valence electrons. The van der Waals surface area contributed by atoms with Crippen LogP contribution in [0.1, 0.15) is 41.6 Å². The molecule has 19 heavy (non-hydrogen) atoms. The number of carbonyl (C=O) groups excluding carboxylic acids is 1. The Hall–Kier alpha value is -1.03. The van der Waals surface area contributed by atoms with E-state index in [1.165, 1.54) is 19.3 Å². The van der Waals surface area contributed by atoms with E-state index in [1.54, 1.807) is 25.1 Å². The number of phenols is 1. The summed E-state index contributed by atoms with van der Waals surface area (Å²) >= 11 is 3.69. The molecule has 1 amide bonds. The summed E-state index contributed by atoms with van der Waals surface area (Å²) in [5.41, 5.74) is 1.09. The van der Waals surface area contributed by atoms with E-state index in [0.717, 1.165) is 12.0 Å². The molecule has 2 unspecified atom stereocenters. The van der Waals surface area contributed by atoms with Crippen molar-refractivity contribution >= 4 is 21.8 Å². The van der Waals surface area contributed by atoms with Crippen LogP contribution in [-0.2, 0) is 0 Å². The lowest BCUT2D eigenvalue weighted by atomic mass is 9.89. The van der Waals surface area contributed by atoms with E-state index in [4.69, 9.17) is 0 Å². The van der Waals surface area contributed by atoms with Gasteiger partial charge >= 0.3 is 0 Å². The van der Waals surface area contributed by atoms with E-state index in [0.29, 0.717) is 22.9 Å². The molecule has 2 atom stereocenters. The highest BCUT2D eigenvalue weighted by molar-refractivity contribution is 9.09. The molecule has 3 nitrogen and oxygen atoms in total. The van der Waals surface area contributed by atoms with E-state index in [2.05, 4.69) is 21.2 Å². The number of halogens is 1. The summed E-state index contributed by atoms with van der Waals surface area (Å²) in [7, 11) is 0. The van der Waals surface area contributed by atoms with Crippen molar-refractivity contribution in [3.8, 4) is 5.75 Å². The number of nitrogens with one attached hydrogen (secondary N) is 1. The molecule has 1 aliphatic rings. The zero-order chi connectivity index (χ0) is 13.8. The van der Waals surface area contributed by atoms with Crippen molar-refractivity contribution in [2.75, 3.05) is 6.54 Å². The van der Waals surface area contributed by atoms with Gasteiger partial charge in [-0.1, -0.05) is 40.9 Å². The van der Waals surface area contributed by atoms with Gasteiger partial charge in [-0.05, 0) is 37.3 Å². The number of benzene rings is 1. The standard InChI is InChI=1S/C15H20BrNO2/c1-10-5-4-7-12(14(10)18)15(19)17-9-11-6-2-3-8-13(11)16/h4-5,7,11,13,18H,2-3,6,8-9H2,1H3,(H,17,19). The normalized spacial score (nSPS) is 23.1. The van der Waals surface area contributed by atoms with Gasteiger partial charge in [0, 0.05) is 11.4 Å². The topological polar surface area (TPSA) is 49.3 Å². The molecule has 0 spiro atoms. The monoisotopic (exact) mass is 325 g/mol. The van der Waals surface area contributed by atoms with Crippen LogP contribution in [0.5, 0.6) is 5.75 Å². The minimum atomic E-state index is -0.188. The molecule has 1 aromatic carbocycles. The molecule has 0 aromatic heterocycles. The Labute approximate surface area is 122 Å². The zero-order valence-electron chi connectivity index (χ0n) is 11.2. The summed E-state index contributed by atoms with van der Waals surface area (Å²) in [6, 6.07) is 5.24. The summed E-state index contributed by atoms with van der Waals surface area (Å²) in [5, 5.41) is 12.8. The number of amides is 1. The molecule has 1 fully saturated rings. The van der Waals surface area contributed by atoms with Crippen molar-refractivity contribution in [2.24, 2.45) is 5.92 Å². The van der Waals surface area contributed by atoms with Crippen molar-refractivity contribution in [2.45, 2.75) is 37.4 Å². The third-order valence-corrected chi connectivity index (χ3v) is 5.03. The number of hydrogen-bond donors (Lipinski definition) is 2. The molecule has 0 heterocycles. The molecule has 0 radical (unpaired) electrons. The first kappa shape index (κ1) is 14.4. The maximum Gasteiger partial charge on any atom is 0.255 e. The summed E-state index contributed by atoms with van der Waals surface area (Å²) in [6.45, 7) is 2.46. The van der Waals surface area contributed by atoms with Crippen LogP contribution in [0.15, 0.2) is 18.2 Å². The van der Waals surface area contributed by atoms with Gasteiger partial charge in [0.1, 0.15) is 5.75 Å². The van der Waals surface area contributed by atoms with Crippen LogP contribution in [0.4, 0.5) is 0 Å². The van der Waals surface area contributed by atoms with Gasteiger partial charge in [0.2, 0.25) is 0 Å². The first-order valence-electron chi connectivity index (χ1n) is 6.80. The van der Waals surface area contributed by atoms with Crippen LogP contribution in [0, 0.1) is 12.8 Å². The molecule has 0 saturated heterocycles. The van der Waals surface area contributed by atoms with Gasteiger partial charge in [0.15, 0.2) is 0 Å². The van der Waals surface area contributed by atoms with Gasteiger partial charge in [0.05, 0.1) is 5.56 Å². The average Bonchev–Trinajstić information content (AvgIpc) is 2.40. The first-order valence-corrected chi connectivity index (χ1v) is 7.72. The van der Waals surface area contributed by atoms with Gasteiger partial charge in [-0.15, -0.1) is 0 Å². The van der Waals surface area contributed by atoms with Gasteiger partial charge in [-0.25, -0.2) is 0 Å². The highest BCUT2D eigenvalue weighted by Gasteiger charge is 2.23. The van der Waals surface area contributed by atoms with E-state index in [9.17, 15) is 9.90 Å². The number of carbonyl (C=O) groups is 1. The van der Waals surface area contributed by atoms with Crippen LogP contribution in [0.25, 0.3) is 0 Å². The number of aromatic hydroxyl groups is 1. The predicted octanol–water partition coefficient (Wildman–Crippen LogP) is 3.38. The second-order valence-electron chi connectivity index (χ2n) is 5.24. The predicted molar refractivity (Wildman–Crippen MR) is 79.9 cm³/mol. The number of aryl methyl sites for hydroxylation is 1. The Kier molecular flexibility index (Phi) is 4.86. The summed E-state index contributed by atoms with van der Waals surface area (Å²) in [6.07, 6.45) is 4.82. The quantitative estimate of drug-likeness (QED) is 0.837. The fourth-order valence-corrected chi connectivity index (χ4v) is 3.33. The Morgan fingerprint density at radius 2 is 2.16 bits per heavy atom. The molecule has 1 saturated carbocycles. The largest absolute Gasteiger partial charge is 0.507 e.